The van der Waals surface area contributed by atoms with E-state index in [-0.39, 0.29) is 17.0 Å². The predicted molar refractivity (Wildman–Crippen MR) is 172 cm³/mol. The van der Waals surface area contributed by atoms with Gasteiger partial charge in [-0.15, -0.1) is 0 Å². The van der Waals surface area contributed by atoms with E-state index in [1.807, 2.05) is 18.1 Å². The molecule has 0 radical (unpaired) electrons. The van der Waals surface area contributed by atoms with Gasteiger partial charge < -0.3 is 0 Å². The number of pyridine rings is 1. The quantitative estimate of drug-likeness (QED) is 0.290. The highest BCUT2D eigenvalue weighted by molar-refractivity contribution is 7.98. The average molecular weight is 583 g/mol. The van der Waals surface area contributed by atoms with Gasteiger partial charge in [-0.05, 0) is 112 Å². The molecule has 1 aromatic rings. The molecular weight excluding hydrogens is 524 g/mol. The van der Waals surface area contributed by atoms with E-state index in [0.29, 0.717) is 29.7 Å². The summed E-state index contributed by atoms with van der Waals surface area (Å²) in [5.74, 6) is 3.02. The standard InChI is InChI=1S/C34H58N6S/c1-22-9-7-10-24-17-25-20-36-41-30-12-8-11-29(38-30)37-27(28-18-26(15-16-35-28)33(2,3)4)14-13-23-19-34(5,6)40(21-23)32(25)39-31(22)24/h15-16,18,22-25,27,29-32,36-39H,7-14,17,19-21H2,1-6H3/t22?,23-,24?,25?,27?,29?,30?,31?,32?/m0/s1. The second-order valence-corrected chi connectivity index (χ2v) is 17.1. The van der Waals surface area contributed by atoms with Crippen molar-refractivity contribution in [3.05, 3.63) is 29.6 Å². The summed E-state index contributed by atoms with van der Waals surface area (Å²) in [4.78, 5) is 7.87. The predicted octanol–water partition coefficient (Wildman–Crippen LogP) is 6.31. The van der Waals surface area contributed by atoms with Crippen LogP contribution in [0.25, 0.3) is 0 Å². The van der Waals surface area contributed by atoms with Crippen molar-refractivity contribution in [2.24, 2.45) is 23.7 Å². The van der Waals surface area contributed by atoms with E-state index in [9.17, 15) is 0 Å². The van der Waals surface area contributed by atoms with Crippen LogP contribution in [0.2, 0.25) is 0 Å². The zero-order chi connectivity index (χ0) is 28.8. The van der Waals surface area contributed by atoms with Gasteiger partial charge in [0.15, 0.2) is 0 Å². The molecule has 0 amide bonds. The topological polar surface area (TPSA) is 64.2 Å². The van der Waals surface area contributed by atoms with Crippen LogP contribution in [0, 0.1) is 23.7 Å². The van der Waals surface area contributed by atoms with Gasteiger partial charge >= 0.3 is 0 Å². The van der Waals surface area contributed by atoms with E-state index < -0.39 is 0 Å². The first-order valence-electron chi connectivity index (χ1n) is 17.0. The second-order valence-electron chi connectivity index (χ2n) is 16.0. The van der Waals surface area contributed by atoms with Crippen LogP contribution in [0.4, 0.5) is 0 Å². The molecule has 0 spiro atoms. The number of piperidine rings is 2. The van der Waals surface area contributed by atoms with Crippen molar-refractivity contribution in [1.82, 2.24) is 30.6 Å². The van der Waals surface area contributed by atoms with E-state index in [0.717, 1.165) is 30.7 Å². The molecule has 6 rings (SSSR count). The minimum atomic E-state index is 0.127. The largest absolute Gasteiger partial charge is 0.298 e. The molecule has 41 heavy (non-hydrogen) atoms. The number of nitrogens with zero attached hydrogens (tertiary/aromatic N) is 2. The van der Waals surface area contributed by atoms with Crippen molar-refractivity contribution in [3.63, 3.8) is 0 Å². The summed E-state index contributed by atoms with van der Waals surface area (Å²) in [6.07, 6.45) is 15.8. The van der Waals surface area contributed by atoms with Gasteiger partial charge in [0.25, 0.3) is 0 Å². The maximum Gasteiger partial charge on any atom is 0.0690 e. The van der Waals surface area contributed by atoms with Gasteiger partial charge in [-0.1, -0.05) is 46.1 Å². The molecule has 9 unspecified atom stereocenters. The lowest BCUT2D eigenvalue weighted by molar-refractivity contribution is -0.0170. The van der Waals surface area contributed by atoms with E-state index >= 15 is 0 Å². The number of hydrogen-bond acceptors (Lipinski definition) is 7. The molecule has 1 aromatic heterocycles. The molecule has 5 fully saturated rings. The average Bonchev–Trinajstić information content (AvgIpc) is 3.24. The molecule has 4 aliphatic heterocycles. The van der Waals surface area contributed by atoms with E-state index in [1.165, 1.54) is 75.6 Å². The zero-order valence-corrected chi connectivity index (χ0v) is 27.5. The first-order valence-corrected chi connectivity index (χ1v) is 17.8. The molecule has 1 saturated carbocycles. The van der Waals surface area contributed by atoms with Crippen molar-refractivity contribution >= 4 is 11.9 Å². The normalized spacial score (nSPS) is 41.9. The molecule has 4 N–H and O–H groups in total. The minimum Gasteiger partial charge on any atom is -0.298 e. The van der Waals surface area contributed by atoms with Gasteiger partial charge in [0.2, 0.25) is 0 Å². The molecule has 5 heterocycles. The Morgan fingerprint density at radius 2 is 1.80 bits per heavy atom. The van der Waals surface area contributed by atoms with E-state index in [2.05, 4.69) is 79.2 Å². The Balaban J connectivity index is 1.26. The first-order chi connectivity index (χ1) is 19.6. The number of nitrogens with one attached hydrogen (secondary N) is 4. The Morgan fingerprint density at radius 3 is 2.63 bits per heavy atom. The molecule has 0 aromatic carbocycles. The Labute approximate surface area is 254 Å². The molecule has 6 nitrogen and oxygen atoms in total. The molecule has 4 saturated heterocycles. The van der Waals surface area contributed by atoms with Crippen LogP contribution in [0.5, 0.6) is 0 Å². The highest BCUT2D eigenvalue weighted by Gasteiger charge is 2.49. The number of rotatable bonds is 1. The van der Waals surface area contributed by atoms with Gasteiger partial charge in [-0.25, -0.2) is 0 Å². The summed E-state index contributed by atoms with van der Waals surface area (Å²) < 4.78 is 3.92. The van der Waals surface area contributed by atoms with Gasteiger partial charge in [-0.3, -0.25) is 30.6 Å². The molecule has 5 aliphatic rings. The maximum atomic E-state index is 4.96. The molecule has 4 bridgehead atoms. The fourth-order valence-corrected chi connectivity index (χ4v) is 10.1. The molecule has 10 atom stereocenters. The van der Waals surface area contributed by atoms with Gasteiger partial charge in [0.05, 0.1) is 29.4 Å². The highest BCUT2D eigenvalue weighted by Crippen LogP contribution is 2.44. The van der Waals surface area contributed by atoms with Crippen molar-refractivity contribution in [2.45, 2.75) is 146 Å². The van der Waals surface area contributed by atoms with Gasteiger partial charge in [-0.2, -0.15) is 0 Å². The van der Waals surface area contributed by atoms with Crippen LogP contribution >= 0.6 is 11.9 Å². The Morgan fingerprint density at radius 1 is 0.976 bits per heavy atom. The summed E-state index contributed by atoms with van der Waals surface area (Å²) in [6, 6.07) is 5.55. The fraction of sp³-hybridized carbons (Fsp3) is 0.853. The van der Waals surface area contributed by atoms with Crippen molar-refractivity contribution in [3.8, 4) is 0 Å². The summed E-state index contributed by atoms with van der Waals surface area (Å²) in [6.45, 7) is 16.8. The third kappa shape index (κ3) is 6.86. The van der Waals surface area contributed by atoms with Crippen molar-refractivity contribution < 1.29 is 0 Å². The Hall–Kier alpha value is -0.700. The second kappa shape index (κ2) is 12.4. The van der Waals surface area contributed by atoms with Crippen molar-refractivity contribution in [1.29, 1.82) is 0 Å². The molecular formula is C34H58N6S. The lowest BCUT2D eigenvalue weighted by Gasteiger charge is -2.52. The fourth-order valence-electron chi connectivity index (χ4n) is 9.02. The molecule has 230 valence electrons. The SMILES string of the molecule is CC1CCCC2CC3CNSC4CCCC(N4)NC(c4cc(C(C)(C)C)ccn4)CC[C@@H]4CN(C3NC12)C(C)(C)C4. The lowest BCUT2D eigenvalue weighted by atomic mass is 9.70. The summed E-state index contributed by atoms with van der Waals surface area (Å²) in [5, 5.41) is 12.8. The monoisotopic (exact) mass is 582 g/mol. The van der Waals surface area contributed by atoms with Crippen molar-refractivity contribution in [2.75, 3.05) is 13.1 Å². The highest BCUT2D eigenvalue weighted by atomic mass is 32.2. The lowest BCUT2D eigenvalue weighted by Crippen LogP contribution is -2.65. The van der Waals surface area contributed by atoms with Gasteiger partial charge in [0.1, 0.15) is 0 Å². The van der Waals surface area contributed by atoms with E-state index in [4.69, 9.17) is 4.98 Å². The first kappa shape index (κ1) is 30.3. The Bertz CT molecular complexity index is 1020. The van der Waals surface area contributed by atoms with Crippen LogP contribution in [0.1, 0.15) is 123 Å². The minimum absolute atomic E-state index is 0.127. The van der Waals surface area contributed by atoms with Crippen LogP contribution in [-0.2, 0) is 5.41 Å². The van der Waals surface area contributed by atoms with Crippen LogP contribution in [-0.4, -0.2) is 52.3 Å². The summed E-state index contributed by atoms with van der Waals surface area (Å²) in [5.41, 5.74) is 2.95. The number of hydrogen-bond donors (Lipinski definition) is 4. The third-order valence-electron chi connectivity index (χ3n) is 11.3. The number of fused-ring (bicyclic) bond motifs is 7. The third-order valence-corrected chi connectivity index (χ3v) is 12.3. The maximum absolute atomic E-state index is 4.96. The summed E-state index contributed by atoms with van der Waals surface area (Å²) >= 11 is 1.95. The smallest absolute Gasteiger partial charge is 0.0690 e. The van der Waals surface area contributed by atoms with Crippen LogP contribution < -0.4 is 20.7 Å². The zero-order valence-electron chi connectivity index (χ0n) is 26.7. The van der Waals surface area contributed by atoms with E-state index in [1.54, 1.807) is 0 Å². The van der Waals surface area contributed by atoms with Gasteiger partial charge in [0, 0.05) is 36.8 Å². The Kier molecular flexibility index (Phi) is 9.14. The molecule has 7 heteroatoms. The molecule has 1 aliphatic carbocycles. The van der Waals surface area contributed by atoms with Crippen LogP contribution in [0.15, 0.2) is 18.3 Å². The number of aromatic nitrogens is 1. The summed E-state index contributed by atoms with van der Waals surface area (Å²) in [7, 11) is 0. The van der Waals surface area contributed by atoms with Crippen LogP contribution in [0.3, 0.4) is 0 Å².